The van der Waals surface area contributed by atoms with Crippen molar-refractivity contribution in [2.24, 2.45) is 0 Å². The molecular weight excluding hydrogens is 354 g/mol. The molecule has 7 heteroatoms. The van der Waals surface area contributed by atoms with E-state index in [2.05, 4.69) is 10.2 Å². The molecule has 0 spiro atoms. The number of ether oxygens (including phenoxy) is 1. The first-order chi connectivity index (χ1) is 12.6. The van der Waals surface area contributed by atoms with Crippen LogP contribution in [-0.4, -0.2) is 32.2 Å². The number of amides is 1. The number of morpholine rings is 1. The second-order valence-corrected chi connectivity index (χ2v) is 6.30. The predicted octanol–water partition coefficient (Wildman–Crippen LogP) is 3.62. The molecule has 1 aliphatic rings. The van der Waals surface area contributed by atoms with Crippen LogP contribution in [0.5, 0.6) is 0 Å². The van der Waals surface area contributed by atoms with Crippen LogP contribution in [0.2, 0.25) is 5.02 Å². The van der Waals surface area contributed by atoms with Gasteiger partial charge in [0.2, 0.25) is 0 Å². The smallest absolute Gasteiger partial charge is 0.266 e. The molecule has 1 fully saturated rings. The van der Waals surface area contributed by atoms with Crippen LogP contribution < -0.4 is 10.2 Å². The summed E-state index contributed by atoms with van der Waals surface area (Å²) in [4.78, 5) is 14.4. The second-order valence-electron chi connectivity index (χ2n) is 5.86. The number of benzene rings is 1. The molecule has 0 aliphatic carbocycles. The fourth-order valence-electron chi connectivity index (χ4n) is 2.62. The lowest BCUT2D eigenvalue weighted by atomic mass is 10.1. The fourth-order valence-corrected chi connectivity index (χ4v) is 2.85. The van der Waals surface area contributed by atoms with Crippen molar-refractivity contribution in [1.82, 2.24) is 0 Å². The minimum atomic E-state index is -0.498. The van der Waals surface area contributed by atoms with Gasteiger partial charge < -0.3 is 19.4 Å². The Hall–Kier alpha value is -2.75. The van der Waals surface area contributed by atoms with Gasteiger partial charge in [0.05, 0.1) is 13.2 Å². The molecule has 0 saturated carbocycles. The number of nitrogens with zero attached hydrogens (tertiary/aromatic N) is 2. The number of halogens is 1. The zero-order valence-corrected chi connectivity index (χ0v) is 15.0. The molecule has 0 bridgehead atoms. The molecule has 1 aromatic carbocycles. The molecule has 0 radical (unpaired) electrons. The Kier molecular flexibility index (Phi) is 5.61. The number of hydrogen-bond acceptors (Lipinski definition) is 5. The Morgan fingerprint density at radius 2 is 2.08 bits per heavy atom. The van der Waals surface area contributed by atoms with Crippen LogP contribution >= 0.6 is 11.6 Å². The number of aryl methyl sites for hydroxylation is 1. The van der Waals surface area contributed by atoms with Gasteiger partial charge in [0.15, 0.2) is 5.88 Å². The molecule has 1 saturated heterocycles. The Bertz CT molecular complexity index is 876. The number of furan rings is 1. The zero-order chi connectivity index (χ0) is 18.5. The SMILES string of the molecule is Cc1cc(Cl)ccc1NC(=O)C(C#N)=Cc1ccc(N2CCOCC2)o1. The topological polar surface area (TPSA) is 78.5 Å². The largest absolute Gasteiger partial charge is 0.441 e. The molecule has 1 aliphatic heterocycles. The van der Waals surface area contributed by atoms with Gasteiger partial charge in [0.25, 0.3) is 5.91 Å². The van der Waals surface area contributed by atoms with Crippen molar-refractivity contribution in [3.05, 3.63) is 52.3 Å². The highest BCUT2D eigenvalue weighted by Gasteiger charge is 2.16. The summed E-state index contributed by atoms with van der Waals surface area (Å²) in [6.45, 7) is 4.63. The molecule has 1 amide bonds. The van der Waals surface area contributed by atoms with E-state index in [0.717, 1.165) is 18.7 Å². The van der Waals surface area contributed by atoms with Gasteiger partial charge in [-0.3, -0.25) is 4.79 Å². The molecule has 26 heavy (non-hydrogen) atoms. The maximum Gasteiger partial charge on any atom is 0.266 e. The Balaban J connectivity index is 1.74. The Morgan fingerprint density at radius 1 is 1.31 bits per heavy atom. The van der Waals surface area contributed by atoms with E-state index in [0.29, 0.717) is 35.6 Å². The van der Waals surface area contributed by atoms with E-state index in [-0.39, 0.29) is 5.57 Å². The summed E-state index contributed by atoms with van der Waals surface area (Å²) in [5.74, 6) is 0.652. The minimum absolute atomic E-state index is 0.0396. The molecule has 6 nitrogen and oxygen atoms in total. The lowest BCUT2D eigenvalue weighted by Crippen LogP contribution is -2.35. The summed E-state index contributed by atoms with van der Waals surface area (Å²) in [7, 11) is 0. The minimum Gasteiger partial charge on any atom is -0.441 e. The highest BCUT2D eigenvalue weighted by Crippen LogP contribution is 2.23. The molecule has 3 rings (SSSR count). The van der Waals surface area contributed by atoms with E-state index in [4.69, 9.17) is 20.8 Å². The first-order valence-corrected chi connectivity index (χ1v) is 8.56. The van der Waals surface area contributed by atoms with Crippen LogP contribution in [0.1, 0.15) is 11.3 Å². The number of nitrogens with one attached hydrogen (secondary N) is 1. The average Bonchev–Trinajstić information content (AvgIpc) is 3.11. The standard InChI is InChI=1S/C19H18ClN3O3/c1-13-10-15(20)2-4-17(13)22-19(24)14(12-21)11-16-3-5-18(26-16)23-6-8-25-9-7-23/h2-5,10-11H,6-9H2,1H3,(H,22,24). The zero-order valence-electron chi connectivity index (χ0n) is 14.3. The van der Waals surface area contributed by atoms with E-state index in [1.54, 1.807) is 24.3 Å². The third-order valence-electron chi connectivity index (χ3n) is 4.02. The normalized spacial score (nSPS) is 14.8. The van der Waals surface area contributed by atoms with Crippen molar-refractivity contribution in [1.29, 1.82) is 5.26 Å². The summed E-state index contributed by atoms with van der Waals surface area (Å²) in [5.41, 5.74) is 1.38. The molecule has 0 unspecified atom stereocenters. The van der Waals surface area contributed by atoms with Crippen molar-refractivity contribution in [3.8, 4) is 6.07 Å². The van der Waals surface area contributed by atoms with E-state index >= 15 is 0 Å². The van der Waals surface area contributed by atoms with Crippen molar-refractivity contribution >= 4 is 35.2 Å². The van der Waals surface area contributed by atoms with E-state index in [1.807, 2.05) is 19.1 Å². The van der Waals surface area contributed by atoms with Gasteiger partial charge in [-0.15, -0.1) is 0 Å². The van der Waals surface area contributed by atoms with Gasteiger partial charge in [-0.2, -0.15) is 5.26 Å². The summed E-state index contributed by atoms with van der Waals surface area (Å²) in [5, 5.41) is 12.6. The summed E-state index contributed by atoms with van der Waals surface area (Å²) in [6.07, 6.45) is 1.44. The first kappa shape index (κ1) is 18.1. The lowest BCUT2D eigenvalue weighted by Gasteiger charge is -2.26. The maximum absolute atomic E-state index is 12.4. The highest BCUT2D eigenvalue weighted by atomic mass is 35.5. The second kappa shape index (κ2) is 8.09. The van der Waals surface area contributed by atoms with E-state index in [1.165, 1.54) is 6.08 Å². The quantitative estimate of drug-likeness (QED) is 0.656. The fraction of sp³-hybridized carbons (Fsp3) is 0.263. The molecule has 134 valence electrons. The summed E-state index contributed by atoms with van der Waals surface area (Å²) < 4.78 is 11.1. The summed E-state index contributed by atoms with van der Waals surface area (Å²) in [6, 6.07) is 10.6. The third kappa shape index (κ3) is 4.26. The van der Waals surface area contributed by atoms with Crippen molar-refractivity contribution in [2.45, 2.75) is 6.92 Å². The monoisotopic (exact) mass is 371 g/mol. The number of nitriles is 1. The van der Waals surface area contributed by atoms with Crippen molar-refractivity contribution in [3.63, 3.8) is 0 Å². The Morgan fingerprint density at radius 3 is 2.77 bits per heavy atom. The van der Waals surface area contributed by atoms with Crippen LogP contribution in [0.15, 0.2) is 40.3 Å². The first-order valence-electron chi connectivity index (χ1n) is 8.18. The third-order valence-corrected chi connectivity index (χ3v) is 4.26. The lowest BCUT2D eigenvalue weighted by molar-refractivity contribution is -0.112. The van der Waals surface area contributed by atoms with Gasteiger partial charge in [-0.25, -0.2) is 0 Å². The number of anilines is 2. The number of rotatable bonds is 4. The Labute approximate surface area is 156 Å². The number of carbonyl (C=O) groups excluding carboxylic acids is 1. The van der Waals surface area contributed by atoms with Gasteiger partial charge >= 0.3 is 0 Å². The van der Waals surface area contributed by atoms with Crippen LogP contribution in [-0.2, 0) is 9.53 Å². The highest BCUT2D eigenvalue weighted by molar-refractivity contribution is 6.30. The van der Waals surface area contributed by atoms with Crippen LogP contribution in [0, 0.1) is 18.3 Å². The molecule has 0 atom stereocenters. The number of carbonyl (C=O) groups is 1. The van der Waals surface area contributed by atoms with Crippen molar-refractivity contribution < 1.29 is 13.9 Å². The van der Waals surface area contributed by atoms with Gasteiger partial charge in [0.1, 0.15) is 17.4 Å². The van der Waals surface area contributed by atoms with Crippen molar-refractivity contribution in [2.75, 3.05) is 36.5 Å². The molecular formula is C19H18ClN3O3. The molecule has 2 aromatic rings. The van der Waals surface area contributed by atoms with Gasteiger partial charge in [0, 0.05) is 35.9 Å². The average molecular weight is 372 g/mol. The van der Waals surface area contributed by atoms with Gasteiger partial charge in [-0.05, 0) is 36.8 Å². The van der Waals surface area contributed by atoms with E-state index in [9.17, 15) is 10.1 Å². The predicted molar refractivity (Wildman–Crippen MR) is 100 cm³/mol. The summed E-state index contributed by atoms with van der Waals surface area (Å²) >= 11 is 5.92. The molecule has 1 N–H and O–H groups in total. The van der Waals surface area contributed by atoms with Gasteiger partial charge in [-0.1, -0.05) is 11.6 Å². The maximum atomic E-state index is 12.4. The van der Waals surface area contributed by atoms with Crippen LogP contribution in [0.4, 0.5) is 11.6 Å². The van der Waals surface area contributed by atoms with Crippen LogP contribution in [0.25, 0.3) is 6.08 Å². The van der Waals surface area contributed by atoms with Crippen LogP contribution in [0.3, 0.4) is 0 Å². The molecule has 1 aromatic heterocycles. The van der Waals surface area contributed by atoms with E-state index < -0.39 is 5.91 Å². The number of hydrogen-bond donors (Lipinski definition) is 1. The molecule has 2 heterocycles.